The summed E-state index contributed by atoms with van der Waals surface area (Å²) in [4.78, 5) is 27.8. The molecule has 8 nitrogen and oxygen atoms in total. The van der Waals surface area contributed by atoms with Crippen LogP contribution in [0.15, 0.2) is 92.6 Å². The second-order valence-corrected chi connectivity index (χ2v) is 7.24. The Bertz CT molecular complexity index is 1500. The molecule has 3 aromatic carbocycles. The maximum atomic E-state index is 12.3. The van der Waals surface area contributed by atoms with E-state index in [0.29, 0.717) is 34.2 Å². The fraction of sp³-hybridized carbons (Fsp3) is 0.0400. The largest absolute Gasteiger partial charge is 0.457 e. The lowest BCUT2D eigenvalue weighted by atomic mass is 10.2. The van der Waals surface area contributed by atoms with Crippen LogP contribution in [0.5, 0.6) is 11.5 Å². The Morgan fingerprint density at radius 1 is 0.939 bits per heavy atom. The SMILES string of the molecule is CC(=O)Nc1ccc(Oc2ccc(-c3noc(-c4cc5ccccc5oc4=O)n3)cc2)cc1. The number of benzene rings is 3. The molecular weight excluding hydrogens is 422 g/mol. The number of nitrogens with one attached hydrogen (secondary N) is 1. The highest BCUT2D eigenvalue weighted by Crippen LogP contribution is 2.27. The number of amides is 1. The summed E-state index contributed by atoms with van der Waals surface area (Å²) in [5.74, 6) is 1.53. The van der Waals surface area contributed by atoms with Crippen molar-refractivity contribution in [2.24, 2.45) is 0 Å². The van der Waals surface area contributed by atoms with Crippen molar-refractivity contribution in [1.82, 2.24) is 10.1 Å². The number of anilines is 1. The molecule has 0 saturated heterocycles. The minimum absolute atomic E-state index is 0.0871. The van der Waals surface area contributed by atoms with Crippen molar-refractivity contribution in [2.45, 2.75) is 6.92 Å². The van der Waals surface area contributed by atoms with Gasteiger partial charge in [0.15, 0.2) is 0 Å². The van der Waals surface area contributed by atoms with Crippen molar-refractivity contribution in [2.75, 3.05) is 5.32 Å². The van der Waals surface area contributed by atoms with Gasteiger partial charge in [0.2, 0.25) is 11.7 Å². The molecule has 0 bridgehead atoms. The van der Waals surface area contributed by atoms with Crippen molar-refractivity contribution < 1.29 is 18.5 Å². The fourth-order valence-electron chi connectivity index (χ4n) is 3.28. The Labute approximate surface area is 187 Å². The Morgan fingerprint density at radius 2 is 1.64 bits per heavy atom. The fourth-order valence-corrected chi connectivity index (χ4v) is 3.28. The topological polar surface area (TPSA) is 107 Å². The van der Waals surface area contributed by atoms with Gasteiger partial charge in [-0.2, -0.15) is 4.98 Å². The average molecular weight is 439 g/mol. The van der Waals surface area contributed by atoms with Gasteiger partial charge in [-0.15, -0.1) is 0 Å². The second-order valence-electron chi connectivity index (χ2n) is 7.24. The van der Waals surface area contributed by atoms with Crippen molar-refractivity contribution in [3.05, 3.63) is 89.3 Å². The molecule has 1 N–H and O–H groups in total. The molecule has 33 heavy (non-hydrogen) atoms. The van der Waals surface area contributed by atoms with E-state index in [-0.39, 0.29) is 17.4 Å². The highest BCUT2D eigenvalue weighted by Gasteiger charge is 2.16. The number of aromatic nitrogens is 2. The van der Waals surface area contributed by atoms with Gasteiger partial charge in [0.25, 0.3) is 5.89 Å². The molecule has 0 fully saturated rings. The standard InChI is InChI=1S/C25H17N3O5/c1-15(29)26-18-8-12-20(13-9-18)31-19-10-6-16(7-11-19)23-27-24(33-28-23)21-14-17-4-2-3-5-22(17)32-25(21)30/h2-14H,1H3,(H,26,29). The predicted octanol–water partition coefficient (Wildman–Crippen LogP) is 5.26. The molecule has 162 valence electrons. The summed E-state index contributed by atoms with van der Waals surface area (Å²) in [6.45, 7) is 1.45. The quantitative estimate of drug-likeness (QED) is 0.372. The number of carbonyl (C=O) groups is 1. The first kappa shape index (κ1) is 20.2. The molecule has 0 unspecified atom stereocenters. The molecule has 0 saturated carbocycles. The van der Waals surface area contributed by atoms with E-state index in [1.807, 2.05) is 12.1 Å². The zero-order chi connectivity index (χ0) is 22.8. The minimum Gasteiger partial charge on any atom is -0.457 e. The third-order valence-corrected chi connectivity index (χ3v) is 4.82. The van der Waals surface area contributed by atoms with Gasteiger partial charge >= 0.3 is 5.63 Å². The summed E-state index contributed by atoms with van der Waals surface area (Å²) in [6, 6.07) is 23.1. The number of hydrogen-bond acceptors (Lipinski definition) is 7. The lowest BCUT2D eigenvalue weighted by Gasteiger charge is -2.07. The normalized spacial score (nSPS) is 10.8. The number of para-hydroxylation sites is 1. The maximum absolute atomic E-state index is 12.3. The van der Waals surface area contributed by atoms with Crippen LogP contribution < -0.4 is 15.7 Å². The average Bonchev–Trinajstić information content (AvgIpc) is 3.30. The minimum atomic E-state index is -0.544. The van der Waals surface area contributed by atoms with Crippen LogP contribution in [-0.4, -0.2) is 16.0 Å². The summed E-state index contributed by atoms with van der Waals surface area (Å²) in [7, 11) is 0. The molecule has 2 aromatic heterocycles. The molecule has 0 spiro atoms. The summed E-state index contributed by atoms with van der Waals surface area (Å²) in [5, 5.41) is 7.46. The molecule has 0 aliphatic rings. The molecular formula is C25H17N3O5. The van der Waals surface area contributed by atoms with Crippen molar-refractivity contribution in [3.63, 3.8) is 0 Å². The summed E-state index contributed by atoms with van der Waals surface area (Å²) < 4.78 is 16.5. The third-order valence-electron chi connectivity index (χ3n) is 4.82. The summed E-state index contributed by atoms with van der Waals surface area (Å²) in [6.07, 6.45) is 0. The Kier molecular flexibility index (Phi) is 5.16. The van der Waals surface area contributed by atoms with Crippen molar-refractivity contribution in [3.8, 4) is 34.3 Å². The Balaban J connectivity index is 1.34. The van der Waals surface area contributed by atoms with Crippen LogP contribution >= 0.6 is 0 Å². The lowest BCUT2D eigenvalue weighted by Crippen LogP contribution is -2.05. The number of hydrogen-bond donors (Lipinski definition) is 1. The first-order valence-electron chi connectivity index (χ1n) is 10.1. The van der Waals surface area contributed by atoms with E-state index < -0.39 is 5.63 Å². The van der Waals surface area contributed by atoms with Crippen LogP contribution in [0.3, 0.4) is 0 Å². The highest BCUT2D eigenvalue weighted by molar-refractivity contribution is 5.88. The third kappa shape index (κ3) is 4.35. The van der Waals surface area contributed by atoms with Gasteiger partial charge in [-0.05, 0) is 60.7 Å². The predicted molar refractivity (Wildman–Crippen MR) is 122 cm³/mol. The first-order valence-corrected chi connectivity index (χ1v) is 10.1. The van der Waals surface area contributed by atoms with Crippen LogP contribution in [0.1, 0.15) is 6.92 Å². The van der Waals surface area contributed by atoms with E-state index in [9.17, 15) is 9.59 Å². The van der Waals surface area contributed by atoms with Gasteiger partial charge in [0, 0.05) is 23.6 Å². The van der Waals surface area contributed by atoms with Crippen LogP contribution in [0.25, 0.3) is 33.8 Å². The highest BCUT2D eigenvalue weighted by atomic mass is 16.5. The zero-order valence-corrected chi connectivity index (χ0v) is 17.4. The Morgan fingerprint density at radius 3 is 2.36 bits per heavy atom. The van der Waals surface area contributed by atoms with Gasteiger partial charge in [0.1, 0.15) is 22.6 Å². The molecule has 2 heterocycles. The first-order chi connectivity index (χ1) is 16.0. The van der Waals surface area contributed by atoms with E-state index >= 15 is 0 Å². The van der Waals surface area contributed by atoms with Crippen molar-refractivity contribution >= 4 is 22.6 Å². The van der Waals surface area contributed by atoms with Crippen LogP contribution in [0.4, 0.5) is 5.69 Å². The number of nitrogens with zero attached hydrogens (tertiary/aromatic N) is 2. The molecule has 5 aromatic rings. The van der Waals surface area contributed by atoms with Gasteiger partial charge in [0.05, 0.1) is 0 Å². The lowest BCUT2D eigenvalue weighted by molar-refractivity contribution is -0.114. The van der Waals surface area contributed by atoms with E-state index in [0.717, 1.165) is 5.39 Å². The summed E-state index contributed by atoms with van der Waals surface area (Å²) >= 11 is 0. The number of ether oxygens (including phenoxy) is 1. The molecule has 5 rings (SSSR count). The summed E-state index contributed by atoms with van der Waals surface area (Å²) in [5.41, 5.74) is 1.54. The van der Waals surface area contributed by atoms with E-state index in [1.165, 1.54) is 6.92 Å². The van der Waals surface area contributed by atoms with Crippen LogP contribution in [-0.2, 0) is 4.79 Å². The van der Waals surface area contributed by atoms with Gasteiger partial charge in [-0.3, -0.25) is 4.79 Å². The number of carbonyl (C=O) groups excluding carboxylic acids is 1. The molecule has 0 atom stereocenters. The van der Waals surface area contributed by atoms with E-state index in [4.69, 9.17) is 13.7 Å². The van der Waals surface area contributed by atoms with E-state index in [2.05, 4.69) is 15.5 Å². The second kappa shape index (κ2) is 8.43. The molecule has 8 heteroatoms. The van der Waals surface area contributed by atoms with Crippen LogP contribution in [0.2, 0.25) is 0 Å². The van der Waals surface area contributed by atoms with Gasteiger partial charge in [-0.25, -0.2) is 4.79 Å². The molecule has 1 amide bonds. The monoisotopic (exact) mass is 439 g/mol. The van der Waals surface area contributed by atoms with Gasteiger partial charge < -0.3 is 19.0 Å². The maximum Gasteiger partial charge on any atom is 0.349 e. The van der Waals surface area contributed by atoms with Gasteiger partial charge in [-0.1, -0.05) is 23.4 Å². The zero-order valence-electron chi connectivity index (χ0n) is 17.4. The smallest absolute Gasteiger partial charge is 0.349 e. The van der Waals surface area contributed by atoms with E-state index in [1.54, 1.807) is 66.7 Å². The molecule has 0 aliphatic carbocycles. The Hall–Kier alpha value is -4.72. The molecule has 0 radical (unpaired) electrons. The number of rotatable bonds is 5. The molecule has 0 aliphatic heterocycles. The number of fused-ring (bicyclic) bond motifs is 1. The van der Waals surface area contributed by atoms with Crippen molar-refractivity contribution in [1.29, 1.82) is 0 Å². The van der Waals surface area contributed by atoms with Crippen LogP contribution in [0, 0.1) is 0 Å².